The maximum Gasteiger partial charge on any atom is 0.243 e. The average Bonchev–Trinajstić information content (AvgIpc) is 2.88. The first-order valence-corrected chi connectivity index (χ1v) is 6.94. The van der Waals surface area contributed by atoms with Crippen molar-refractivity contribution in [2.24, 2.45) is 0 Å². The standard InChI is InChI=1S/C17H22N2O/c1-17(2,3)18-16(20)15(19-11-7-8-12-19)13-14-9-5-4-6-10-14/h4-12,15H,13H2,1-3H3,(H,18,20). The van der Waals surface area contributed by atoms with Crippen molar-refractivity contribution in [2.45, 2.75) is 38.8 Å². The van der Waals surface area contributed by atoms with Crippen LogP contribution in [0, 0.1) is 0 Å². The first-order chi connectivity index (χ1) is 9.46. The molecule has 2 aromatic rings. The third kappa shape index (κ3) is 3.98. The molecule has 1 aromatic carbocycles. The second-order valence-corrected chi connectivity index (χ2v) is 6.08. The van der Waals surface area contributed by atoms with E-state index in [2.05, 4.69) is 17.4 Å². The van der Waals surface area contributed by atoms with Gasteiger partial charge in [-0.3, -0.25) is 4.79 Å². The van der Waals surface area contributed by atoms with Gasteiger partial charge in [0.2, 0.25) is 5.91 Å². The van der Waals surface area contributed by atoms with Crippen molar-refractivity contribution in [3.63, 3.8) is 0 Å². The zero-order chi connectivity index (χ0) is 14.6. The Balaban J connectivity index is 2.20. The van der Waals surface area contributed by atoms with E-state index in [9.17, 15) is 4.79 Å². The SMILES string of the molecule is CC(C)(C)NC(=O)C(Cc1ccccc1)n1cccc1. The van der Waals surface area contributed by atoms with Crippen molar-refractivity contribution in [1.82, 2.24) is 9.88 Å². The van der Waals surface area contributed by atoms with Crippen molar-refractivity contribution in [1.29, 1.82) is 0 Å². The molecule has 0 aliphatic heterocycles. The number of hydrogen-bond acceptors (Lipinski definition) is 1. The largest absolute Gasteiger partial charge is 0.350 e. The molecule has 20 heavy (non-hydrogen) atoms. The molecule has 0 spiro atoms. The first kappa shape index (κ1) is 14.4. The second-order valence-electron chi connectivity index (χ2n) is 6.08. The van der Waals surface area contributed by atoms with E-state index in [-0.39, 0.29) is 17.5 Å². The highest BCUT2D eigenvalue weighted by Gasteiger charge is 2.23. The fraction of sp³-hybridized carbons (Fsp3) is 0.353. The summed E-state index contributed by atoms with van der Waals surface area (Å²) in [5, 5.41) is 3.07. The van der Waals surface area contributed by atoms with Gasteiger partial charge in [0.15, 0.2) is 0 Å². The lowest BCUT2D eigenvalue weighted by Crippen LogP contribution is -2.44. The fourth-order valence-corrected chi connectivity index (χ4v) is 2.18. The minimum absolute atomic E-state index is 0.0533. The van der Waals surface area contributed by atoms with Crippen LogP contribution in [0.25, 0.3) is 0 Å². The molecule has 0 saturated carbocycles. The minimum Gasteiger partial charge on any atom is -0.350 e. The van der Waals surface area contributed by atoms with E-state index in [0.29, 0.717) is 6.42 Å². The number of hydrogen-bond donors (Lipinski definition) is 1. The smallest absolute Gasteiger partial charge is 0.243 e. The van der Waals surface area contributed by atoms with E-state index in [1.54, 1.807) is 0 Å². The Morgan fingerprint density at radius 1 is 1.10 bits per heavy atom. The zero-order valence-corrected chi connectivity index (χ0v) is 12.3. The van der Waals surface area contributed by atoms with Crippen LogP contribution in [0.1, 0.15) is 32.4 Å². The molecule has 3 nitrogen and oxygen atoms in total. The van der Waals surface area contributed by atoms with Crippen LogP contribution < -0.4 is 5.32 Å². The molecule has 1 amide bonds. The molecule has 2 rings (SSSR count). The summed E-state index contributed by atoms with van der Waals surface area (Å²) in [4.78, 5) is 12.5. The van der Waals surface area contributed by atoms with Crippen molar-refractivity contribution >= 4 is 5.91 Å². The van der Waals surface area contributed by atoms with Gasteiger partial charge < -0.3 is 9.88 Å². The molecular weight excluding hydrogens is 248 g/mol. The molecule has 0 radical (unpaired) electrons. The number of carbonyl (C=O) groups is 1. The van der Waals surface area contributed by atoms with Crippen LogP contribution >= 0.6 is 0 Å². The zero-order valence-electron chi connectivity index (χ0n) is 12.3. The summed E-state index contributed by atoms with van der Waals surface area (Å²) in [7, 11) is 0. The Hall–Kier alpha value is -2.03. The summed E-state index contributed by atoms with van der Waals surface area (Å²) in [6.45, 7) is 6.00. The van der Waals surface area contributed by atoms with Gasteiger partial charge in [0.1, 0.15) is 6.04 Å². The molecule has 1 atom stereocenters. The maximum absolute atomic E-state index is 12.5. The number of amides is 1. The molecule has 0 fully saturated rings. The van der Waals surface area contributed by atoms with E-state index in [1.807, 2.05) is 68.1 Å². The summed E-state index contributed by atoms with van der Waals surface area (Å²) in [6, 6.07) is 13.8. The van der Waals surface area contributed by atoms with Gasteiger partial charge in [-0.1, -0.05) is 30.3 Å². The van der Waals surface area contributed by atoms with Gasteiger partial charge in [-0.25, -0.2) is 0 Å². The van der Waals surface area contributed by atoms with Crippen molar-refractivity contribution in [2.75, 3.05) is 0 Å². The molecule has 0 bridgehead atoms. The van der Waals surface area contributed by atoms with Gasteiger partial charge in [0.25, 0.3) is 0 Å². The third-order valence-corrected chi connectivity index (χ3v) is 3.06. The molecule has 0 saturated heterocycles. The normalized spacial score (nSPS) is 12.9. The van der Waals surface area contributed by atoms with Gasteiger partial charge in [-0.05, 0) is 38.5 Å². The fourth-order valence-electron chi connectivity index (χ4n) is 2.18. The van der Waals surface area contributed by atoms with Crippen LogP contribution in [0.5, 0.6) is 0 Å². The number of carbonyl (C=O) groups excluding carboxylic acids is 1. The summed E-state index contributed by atoms with van der Waals surface area (Å²) >= 11 is 0. The van der Waals surface area contributed by atoms with Gasteiger partial charge in [0.05, 0.1) is 0 Å². The highest BCUT2D eigenvalue weighted by molar-refractivity contribution is 5.81. The Bertz CT molecular complexity index is 538. The Labute approximate surface area is 120 Å². The number of rotatable bonds is 4. The molecule has 0 aliphatic rings. The van der Waals surface area contributed by atoms with Gasteiger partial charge in [-0.15, -0.1) is 0 Å². The lowest BCUT2D eigenvalue weighted by Gasteiger charge is -2.26. The van der Waals surface area contributed by atoms with Crippen LogP contribution in [0.15, 0.2) is 54.9 Å². The van der Waals surface area contributed by atoms with Crippen LogP contribution in [0.2, 0.25) is 0 Å². The van der Waals surface area contributed by atoms with Gasteiger partial charge >= 0.3 is 0 Å². The Kier molecular flexibility index (Phi) is 4.28. The van der Waals surface area contributed by atoms with Crippen molar-refractivity contribution in [3.8, 4) is 0 Å². The third-order valence-electron chi connectivity index (χ3n) is 3.06. The molecule has 106 valence electrons. The van der Waals surface area contributed by atoms with Crippen molar-refractivity contribution < 1.29 is 4.79 Å². The lowest BCUT2D eigenvalue weighted by atomic mass is 10.0. The number of aromatic nitrogens is 1. The summed E-state index contributed by atoms with van der Waals surface area (Å²) in [5.41, 5.74) is 0.939. The highest BCUT2D eigenvalue weighted by atomic mass is 16.2. The van der Waals surface area contributed by atoms with E-state index in [1.165, 1.54) is 0 Å². The number of nitrogens with zero attached hydrogens (tertiary/aromatic N) is 1. The van der Waals surface area contributed by atoms with E-state index in [0.717, 1.165) is 5.56 Å². The van der Waals surface area contributed by atoms with Gasteiger partial charge in [0, 0.05) is 24.4 Å². The number of benzene rings is 1. The van der Waals surface area contributed by atoms with E-state index in [4.69, 9.17) is 0 Å². The average molecular weight is 270 g/mol. The molecule has 1 unspecified atom stereocenters. The molecule has 1 aromatic heterocycles. The van der Waals surface area contributed by atoms with Gasteiger partial charge in [-0.2, -0.15) is 0 Å². The summed E-state index contributed by atoms with van der Waals surface area (Å²) < 4.78 is 1.97. The monoisotopic (exact) mass is 270 g/mol. The quantitative estimate of drug-likeness (QED) is 0.909. The topological polar surface area (TPSA) is 34.0 Å². The van der Waals surface area contributed by atoms with E-state index >= 15 is 0 Å². The molecule has 3 heteroatoms. The van der Waals surface area contributed by atoms with Crippen LogP contribution in [0.4, 0.5) is 0 Å². The summed E-state index contributed by atoms with van der Waals surface area (Å²) in [5.74, 6) is 0.0533. The van der Waals surface area contributed by atoms with Crippen molar-refractivity contribution in [3.05, 3.63) is 60.4 Å². The summed E-state index contributed by atoms with van der Waals surface area (Å²) in [6.07, 6.45) is 4.57. The second kappa shape index (κ2) is 5.95. The Morgan fingerprint density at radius 3 is 2.25 bits per heavy atom. The number of nitrogens with one attached hydrogen (secondary N) is 1. The predicted octanol–water partition coefficient (Wildman–Crippen LogP) is 3.19. The first-order valence-electron chi connectivity index (χ1n) is 6.94. The molecule has 1 N–H and O–H groups in total. The minimum atomic E-state index is -0.223. The lowest BCUT2D eigenvalue weighted by molar-refractivity contribution is -0.125. The highest BCUT2D eigenvalue weighted by Crippen LogP contribution is 2.16. The van der Waals surface area contributed by atoms with Crippen LogP contribution in [-0.2, 0) is 11.2 Å². The molecule has 0 aliphatic carbocycles. The maximum atomic E-state index is 12.5. The predicted molar refractivity (Wildman–Crippen MR) is 81.5 cm³/mol. The molecule has 1 heterocycles. The van der Waals surface area contributed by atoms with Crippen LogP contribution in [-0.4, -0.2) is 16.0 Å². The molecular formula is C17H22N2O. The van der Waals surface area contributed by atoms with Crippen LogP contribution in [0.3, 0.4) is 0 Å². The Morgan fingerprint density at radius 2 is 1.70 bits per heavy atom. The van der Waals surface area contributed by atoms with E-state index < -0.39 is 0 Å².